The number of carbonyl (C=O) groups is 1. The average Bonchev–Trinajstić information content (AvgIpc) is 3.13. The fourth-order valence-corrected chi connectivity index (χ4v) is 3.44. The van der Waals surface area contributed by atoms with Gasteiger partial charge in [0.15, 0.2) is 11.5 Å². The van der Waals surface area contributed by atoms with E-state index in [0.717, 1.165) is 10.0 Å². The molecule has 4 rings (SSSR count). The van der Waals surface area contributed by atoms with Crippen LogP contribution in [0.15, 0.2) is 40.9 Å². The Kier molecular flexibility index (Phi) is 4.80. The zero-order chi connectivity index (χ0) is 18.1. The van der Waals surface area contributed by atoms with Crippen LogP contribution in [-0.2, 0) is 4.79 Å². The number of ether oxygens (including phenoxy) is 2. The maximum absolute atomic E-state index is 13.1. The molecule has 0 spiro atoms. The summed E-state index contributed by atoms with van der Waals surface area (Å²) >= 11 is 3.45. The highest BCUT2D eigenvalue weighted by Gasteiger charge is 2.30. The van der Waals surface area contributed by atoms with E-state index in [1.54, 1.807) is 24.3 Å². The molecule has 2 aliphatic rings. The van der Waals surface area contributed by atoms with Gasteiger partial charge in [-0.15, -0.1) is 0 Å². The van der Waals surface area contributed by atoms with E-state index < -0.39 is 6.04 Å². The van der Waals surface area contributed by atoms with Crippen LogP contribution in [0.4, 0.5) is 10.1 Å². The molecular formula is C18H17BrFN3O3. The van der Waals surface area contributed by atoms with Crippen LogP contribution in [0.2, 0.25) is 0 Å². The summed E-state index contributed by atoms with van der Waals surface area (Å²) in [6.45, 7) is 0.989. The molecule has 8 heteroatoms. The maximum Gasteiger partial charge on any atom is 0.242 e. The van der Waals surface area contributed by atoms with Crippen LogP contribution in [0, 0.1) is 5.82 Å². The molecular weight excluding hydrogens is 405 g/mol. The van der Waals surface area contributed by atoms with Gasteiger partial charge in [0.1, 0.15) is 25.1 Å². The minimum atomic E-state index is -0.412. The number of hydrogen-bond donors (Lipinski definition) is 3. The number of rotatable bonds is 3. The van der Waals surface area contributed by atoms with Gasteiger partial charge in [-0.1, -0.05) is 12.1 Å². The van der Waals surface area contributed by atoms with Crippen LogP contribution in [0.3, 0.4) is 0 Å². The van der Waals surface area contributed by atoms with Crippen molar-refractivity contribution in [1.82, 2.24) is 10.9 Å². The van der Waals surface area contributed by atoms with Crippen molar-refractivity contribution in [3.05, 3.63) is 52.3 Å². The first-order valence-electron chi connectivity index (χ1n) is 8.26. The highest BCUT2D eigenvalue weighted by molar-refractivity contribution is 9.10. The minimum absolute atomic E-state index is 0.0601. The topological polar surface area (TPSA) is 71.6 Å². The Morgan fingerprint density at radius 2 is 1.81 bits per heavy atom. The number of fused-ring (bicyclic) bond motifs is 1. The molecule has 0 bridgehead atoms. The van der Waals surface area contributed by atoms with E-state index in [9.17, 15) is 9.18 Å². The summed E-state index contributed by atoms with van der Waals surface area (Å²) in [5, 5.41) is 2.90. The number of amides is 1. The van der Waals surface area contributed by atoms with Gasteiger partial charge in [-0.2, -0.15) is 0 Å². The first-order valence-corrected chi connectivity index (χ1v) is 9.06. The lowest BCUT2D eigenvalue weighted by Gasteiger charge is -2.20. The zero-order valence-corrected chi connectivity index (χ0v) is 15.3. The SMILES string of the molecule is O=C(Nc1cc2c(cc1Br)OCCO2)C1CC(c2ccc(F)cc2)NN1. The largest absolute Gasteiger partial charge is 0.486 e. The lowest BCUT2D eigenvalue weighted by Crippen LogP contribution is -2.39. The first-order chi connectivity index (χ1) is 12.6. The summed E-state index contributed by atoms with van der Waals surface area (Å²) in [5.74, 6) is 0.812. The normalized spacial score (nSPS) is 21.5. The monoisotopic (exact) mass is 421 g/mol. The van der Waals surface area contributed by atoms with Gasteiger partial charge < -0.3 is 14.8 Å². The molecule has 1 fully saturated rings. The molecule has 0 radical (unpaired) electrons. The molecule has 2 atom stereocenters. The molecule has 2 aromatic carbocycles. The highest BCUT2D eigenvalue weighted by atomic mass is 79.9. The maximum atomic E-state index is 13.1. The van der Waals surface area contributed by atoms with Crippen LogP contribution < -0.4 is 25.6 Å². The van der Waals surface area contributed by atoms with Crippen LogP contribution >= 0.6 is 15.9 Å². The highest BCUT2D eigenvalue weighted by Crippen LogP contribution is 2.38. The van der Waals surface area contributed by atoms with Crippen LogP contribution in [-0.4, -0.2) is 25.2 Å². The molecule has 2 unspecified atom stereocenters. The van der Waals surface area contributed by atoms with Crippen LogP contribution in [0.1, 0.15) is 18.0 Å². The molecule has 2 aliphatic heterocycles. The smallest absolute Gasteiger partial charge is 0.242 e. The Morgan fingerprint density at radius 3 is 2.54 bits per heavy atom. The number of halogens is 2. The fraction of sp³-hybridized carbons (Fsp3) is 0.278. The second kappa shape index (κ2) is 7.22. The van der Waals surface area contributed by atoms with E-state index in [1.165, 1.54) is 12.1 Å². The number of hydrogen-bond acceptors (Lipinski definition) is 5. The summed E-state index contributed by atoms with van der Waals surface area (Å²) in [6, 6.07) is 9.31. The number of hydrazine groups is 1. The van der Waals surface area contributed by atoms with Gasteiger partial charge in [-0.05, 0) is 40.0 Å². The van der Waals surface area contributed by atoms with E-state index in [2.05, 4.69) is 32.1 Å². The molecule has 136 valence electrons. The number of benzene rings is 2. The standard InChI is InChI=1S/C18H17BrFN3O3/c19-12-7-16-17(26-6-5-25-16)9-14(12)21-18(24)15-8-13(22-23-15)10-1-3-11(20)4-2-10/h1-4,7,9,13,15,22-23H,5-6,8H2,(H,21,24). The van der Waals surface area contributed by atoms with Crippen molar-refractivity contribution < 1.29 is 18.7 Å². The summed E-state index contributed by atoms with van der Waals surface area (Å²) in [4.78, 5) is 12.6. The van der Waals surface area contributed by atoms with E-state index in [-0.39, 0.29) is 17.8 Å². The zero-order valence-electron chi connectivity index (χ0n) is 13.7. The predicted octanol–water partition coefficient (Wildman–Crippen LogP) is 2.91. The van der Waals surface area contributed by atoms with E-state index in [4.69, 9.17) is 9.47 Å². The van der Waals surface area contributed by atoms with Crippen LogP contribution in [0.5, 0.6) is 11.5 Å². The van der Waals surface area contributed by atoms with Crippen LogP contribution in [0.25, 0.3) is 0 Å². The Hall–Kier alpha value is -2.16. The van der Waals surface area contributed by atoms with Crippen molar-refractivity contribution in [3.8, 4) is 11.5 Å². The lowest BCUT2D eigenvalue weighted by atomic mass is 10.0. The van der Waals surface area contributed by atoms with Crippen molar-refractivity contribution in [2.75, 3.05) is 18.5 Å². The molecule has 6 nitrogen and oxygen atoms in total. The Balaban J connectivity index is 1.43. The number of anilines is 1. The molecule has 2 heterocycles. The number of nitrogens with one attached hydrogen (secondary N) is 3. The second-order valence-electron chi connectivity index (χ2n) is 6.15. The summed E-state index contributed by atoms with van der Waals surface area (Å²) in [5.41, 5.74) is 7.62. The molecule has 0 saturated carbocycles. The second-order valence-corrected chi connectivity index (χ2v) is 7.00. The van der Waals surface area contributed by atoms with E-state index in [1.807, 2.05) is 0 Å². The van der Waals surface area contributed by atoms with Crippen molar-refractivity contribution >= 4 is 27.5 Å². The summed E-state index contributed by atoms with van der Waals surface area (Å²) in [7, 11) is 0. The van der Waals surface area contributed by atoms with Gasteiger partial charge in [0.05, 0.1) is 5.69 Å². The summed E-state index contributed by atoms with van der Waals surface area (Å²) in [6.07, 6.45) is 0.555. The Bertz CT molecular complexity index is 831. The molecule has 26 heavy (non-hydrogen) atoms. The van der Waals surface area contributed by atoms with Gasteiger partial charge in [0, 0.05) is 22.6 Å². The minimum Gasteiger partial charge on any atom is -0.486 e. The Labute approximate surface area is 158 Å². The van der Waals surface area contributed by atoms with E-state index in [0.29, 0.717) is 36.8 Å². The third-order valence-corrected chi connectivity index (χ3v) is 5.04. The Morgan fingerprint density at radius 1 is 1.12 bits per heavy atom. The van der Waals surface area contributed by atoms with Gasteiger partial charge in [-0.25, -0.2) is 15.2 Å². The number of carbonyl (C=O) groups excluding carboxylic acids is 1. The molecule has 3 N–H and O–H groups in total. The van der Waals surface area contributed by atoms with Crippen molar-refractivity contribution in [3.63, 3.8) is 0 Å². The summed E-state index contributed by atoms with van der Waals surface area (Å²) < 4.78 is 24.8. The molecule has 1 saturated heterocycles. The van der Waals surface area contributed by atoms with Crippen molar-refractivity contribution in [2.45, 2.75) is 18.5 Å². The van der Waals surface area contributed by atoms with Gasteiger partial charge in [-0.3, -0.25) is 4.79 Å². The third-order valence-electron chi connectivity index (χ3n) is 4.38. The average molecular weight is 422 g/mol. The fourth-order valence-electron chi connectivity index (χ4n) is 3.02. The molecule has 0 aromatic heterocycles. The molecule has 2 aromatic rings. The van der Waals surface area contributed by atoms with Gasteiger partial charge >= 0.3 is 0 Å². The molecule has 1 amide bonds. The van der Waals surface area contributed by atoms with Crippen molar-refractivity contribution in [2.24, 2.45) is 0 Å². The van der Waals surface area contributed by atoms with Gasteiger partial charge in [0.2, 0.25) is 5.91 Å². The molecule has 0 aliphatic carbocycles. The van der Waals surface area contributed by atoms with Crippen molar-refractivity contribution in [1.29, 1.82) is 0 Å². The quantitative estimate of drug-likeness (QED) is 0.710. The first kappa shape index (κ1) is 17.3. The van der Waals surface area contributed by atoms with Gasteiger partial charge in [0.25, 0.3) is 0 Å². The third kappa shape index (κ3) is 3.53. The predicted molar refractivity (Wildman–Crippen MR) is 97.6 cm³/mol. The lowest BCUT2D eigenvalue weighted by molar-refractivity contribution is -0.117. The van der Waals surface area contributed by atoms with E-state index >= 15 is 0 Å².